The molecule has 3 N–H and O–H groups in total. The van der Waals surface area contributed by atoms with Gasteiger partial charge in [0.05, 0.1) is 23.4 Å². The standard InChI is InChI=1S/C24H21Cl2N5O3/c1-34-19-12-17(26)11-18(24(33)29-20-8-7-16(25)13-28-20)21(19)30-23(32)15-5-3-14(4-6-15)22(27)31-9-2-10-31/h3-8,11-13,27H,2,9-10H2,1H3,(H,30,32)(H,28,29,33). The van der Waals surface area contributed by atoms with Crippen LogP contribution in [0.2, 0.25) is 10.0 Å². The molecule has 1 aliphatic rings. The number of amidine groups is 1. The fraction of sp³-hybridized carbons (Fsp3) is 0.167. The number of carbonyl (C=O) groups is 2. The van der Waals surface area contributed by atoms with Gasteiger partial charge in [0.15, 0.2) is 0 Å². The van der Waals surface area contributed by atoms with Crippen molar-refractivity contribution in [3.05, 3.63) is 81.5 Å². The smallest absolute Gasteiger partial charge is 0.259 e. The second-order valence-electron chi connectivity index (χ2n) is 7.57. The molecule has 1 aromatic heterocycles. The molecule has 1 aliphatic heterocycles. The highest BCUT2D eigenvalue weighted by atomic mass is 35.5. The summed E-state index contributed by atoms with van der Waals surface area (Å²) in [5.41, 5.74) is 1.37. The van der Waals surface area contributed by atoms with Crippen LogP contribution in [-0.2, 0) is 0 Å². The molecule has 1 saturated heterocycles. The molecule has 0 spiro atoms. The molecule has 2 heterocycles. The van der Waals surface area contributed by atoms with Crippen molar-refractivity contribution in [1.82, 2.24) is 9.88 Å². The number of anilines is 2. The third kappa shape index (κ3) is 5.13. The summed E-state index contributed by atoms with van der Waals surface area (Å²) in [5, 5.41) is 14.3. The number of rotatable bonds is 6. The first-order valence-corrected chi connectivity index (χ1v) is 11.2. The van der Waals surface area contributed by atoms with Crippen LogP contribution in [0.5, 0.6) is 5.75 Å². The SMILES string of the molecule is COc1cc(Cl)cc(C(=O)Nc2ccc(Cl)cn2)c1NC(=O)c1ccc(C(=N)N2CCC2)cc1. The van der Waals surface area contributed by atoms with Crippen molar-refractivity contribution in [3.8, 4) is 5.75 Å². The van der Waals surface area contributed by atoms with Crippen LogP contribution in [0.25, 0.3) is 0 Å². The molecule has 0 saturated carbocycles. The van der Waals surface area contributed by atoms with Gasteiger partial charge in [0.1, 0.15) is 17.4 Å². The van der Waals surface area contributed by atoms with Crippen molar-refractivity contribution in [3.63, 3.8) is 0 Å². The van der Waals surface area contributed by atoms with Crippen molar-refractivity contribution in [2.24, 2.45) is 0 Å². The van der Waals surface area contributed by atoms with Crippen molar-refractivity contribution in [1.29, 1.82) is 5.41 Å². The number of nitrogens with zero attached hydrogens (tertiary/aromatic N) is 2. The van der Waals surface area contributed by atoms with Gasteiger partial charge < -0.3 is 20.3 Å². The Bertz CT molecular complexity index is 1240. The van der Waals surface area contributed by atoms with Crippen LogP contribution in [0.4, 0.5) is 11.5 Å². The summed E-state index contributed by atoms with van der Waals surface area (Å²) < 4.78 is 5.37. The number of carbonyl (C=O) groups excluding carboxylic acids is 2. The van der Waals surface area contributed by atoms with E-state index in [2.05, 4.69) is 15.6 Å². The highest BCUT2D eigenvalue weighted by molar-refractivity contribution is 6.32. The first kappa shape index (κ1) is 23.5. The lowest BCUT2D eigenvalue weighted by Crippen LogP contribution is -2.42. The fourth-order valence-electron chi connectivity index (χ4n) is 3.37. The van der Waals surface area contributed by atoms with Gasteiger partial charge in [-0.3, -0.25) is 15.0 Å². The van der Waals surface area contributed by atoms with E-state index < -0.39 is 11.8 Å². The quantitative estimate of drug-likeness (QED) is 0.330. The first-order chi connectivity index (χ1) is 16.4. The van der Waals surface area contributed by atoms with E-state index in [0.29, 0.717) is 16.4 Å². The lowest BCUT2D eigenvalue weighted by Gasteiger charge is -2.33. The fourth-order valence-corrected chi connectivity index (χ4v) is 3.69. The zero-order valence-electron chi connectivity index (χ0n) is 18.2. The predicted molar refractivity (Wildman–Crippen MR) is 133 cm³/mol. The summed E-state index contributed by atoms with van der Waals surface area (Å²) in [6.45, 7) is 1.74. The predicted octanol–water partition coefficient (Wildman–Crippen LogP) is 4.93. The molecule has 0 atom stereocenters. The Labute approximate surface area is 206 Å². The van der Waals surface area contributed by atoms with E-state index >= 15 is 0 Å². The van der Waals surface area contributed by atoms with E-state index in [0.717, 1.165) is 25.1 Å². The van der Waals surface area contributed by atoms with E-state index in [1.165, 1.54) is 25.4 Å². The van der Waals surface area contributed by atoms with Crippen LogP contribution in [-0.4, -0.2) is 47.7 Å². The van der Waals surface area contributed by atoms with Crippen LogP contribution < -0.4 is 15.4 Å². The minimum atomic E-state index is -0.538. The number of hydrogen-bond acceptors (Lipinski definition) is 5. The van der Waals surface area contributed by atoms with E-state index in [9.17, 15) is 9.59 Å². The molecule has 2 aromatic carbocycles. The monoisotopic (exact) mass is 497 g/mol. The summed E-state index contributed by atoms with van der Waals surface area (Å²) in [5.74, 6) is -0.0324. The number of pyridine rings is 1. The van der Waals surface area contributed by atoms with Crippen molar-refractivity contribution in [2.45, 2.75) is 6.42 Å². The second kappa shape index (κ2) is 10.1. The number of aromatic nitrogens is 1. The Morgan fingerprint density at radius 3 is 2.26 bits per heavy atom. The summed E-state index contributed by atoms with van der Waals surface area (Å²) in [6, 6.07) is 12.8. The Morgan fingerprint density at radius 2 is 1.68 bits per heavy atom. The van der Waals surface area contributed by atoms with Gasteiger partial charge in [0.25, 0.3) is 11.8 Å². The average molecular weight is 498 g/mol. The summed E-state index contributed by atoms with van der Waals surface area (Å²) >= 11 is 12.0. The molecule has 3 aromatic rings. The average Bonchev–Trinajstić information content (AvgIpc) is 2.80. The topological polar surface area (TPSA) is 107 Å². The lowest BCUT2D eigenvalue weighted by molar-refractivity contribution is 0.102. The highest BCUT2D eigenvalue weighted by Gasteiger charge is 2.22. The number of hydrogen-bond donors (Lipinski definition) is 3. The van der Waals surface area contributed by atoms with E-state index in [4.69, 9.17) is 33.3 Å². The highest BCUT2D eigenvalue weighted by Crippen LogP contribution is 2.33. The molecule has 4 rings (SSSR count). The summed E-state index contributed by atoms with van der Waals surface area (Å²) in [7, 11) is 1.42. The van der Waals surface area contributed by atoms with Crippen LogP contribution >= 0.6 is 23.2 Å². The van der Waals surface area contributed by atoms with Gasteiger partial charge in [0, 0.05) is 41.5 Å². The van der Waals surface area contributed by atoms with Crippen LogP contribution in [0.1, 0.15) is 32.7 Å². The minimum Gasteiger partial charge on any atom is -0.494 e. The Morgan fingerprint density at radius 1 is 0.971 bits per heavy atom. The molecule has 34 heavy (non-hydrogen) atoms. The summed E-state index contributed by atoms with van der Waals surface area (Å²) in [4.78, 5) is 32.0. The molecule has 174 valence electrons. The third-order valence-electron chi connectivity index (χ3n) is 5.33. The maximum absolute atomic E-state index is 13.0. The maximum atomic E-state index is 13.0. The number of nitrogens with one attached hydrogen (secondary N) is 3. The summed E-state index contributed by atoms with van der Waals surface area (Å²) in [6.07, 6.45) is 2.49. The Balaban J connectivity index is 1.57. The maximum Gasteiger partial charge on any atom is 0.259 e. The largest absolute Gasteiger partial charge is 0.494 e. The van der Waals surface area contributed by atoms with Crippen molar-refractivity contribution in [2.75, 3.05) is 30.8 Å². The number of ether oxygens (including phenoxy) is 1. The van der Waals surface area contributed by atoms with Gasteiger partial charge in [-0.05, 0) is 36.8 Å². The third-order valence-corrected chi connectivity index (χ3v) is 5.77. The van der Waals surface area contributed by atoms with Crippen molar-refractivity contribution >= 4 is 52.4 Å². The zero-order valence-corrected chi connectivity index (χ0v) is 19.7. The van der Waals surface area contributed by atoms with Gasteiger partial charge in [-0.25, -0.2) is 4.98 Å². The lowest BCUT2D eigenvalue weighted by atomic mass is 10.1. The molecule has 0 bridgehead atoms. The molecule has 8 nitrogen and oxygen atoms in total. The number of halogens is 2. The van der Waals surface area contributed by atoms with Gasteiger partial charge >= 0.3 is 0 Å². The molecule has 0 aliphatic carbocycles. The van der Waals surface area contributed by atoms with Crippen LogP contribution in [0.3, 0.4) is 0 Å². The molecule has 2 amide bonds. The Kier molecular flexibility index (Phi) is 7.00. The van der Waals surface area contributed by atoms with E-state index in [1.54, 1.807) is 36.4 Å². The molecule has 10 heteroatoms. The normalized spacial score (nSPS) is 12.5. The number of benzene rings is 2. The van der Waals surface area contributed by atoms with Gasteiger partial charge in [0.2, 0.25) is 0 Å². The van der Waals surface area contributed by atoms with E-state index in [1.807, 2.05) is 4.90 Å². The van der Waals surface area contributed by atoms with Gasteiger partial charge in [-0.2, -0.15) is 0 Å². The van der Waals surface area contributed by atoms with Gasteiger partial charge in [-0.15, -0.1) is 0 Å². The number of methoxy groups -OCH3 is 1. The van der Waals surface area contributed by atoms with Gasteiger partial charge in [-0.1, -0.05) is 35.3 Å². The van der Waals surface area contributed by atoms with Crippen molar-refractivity contribution < 1.29 is 14.3 Å². The number of likely N-dealkylation sites (tertiary alicyclic amines) is 1. The second-order valence-corrected chi connectivity index (χ2v) is 8.44. The van der Waals surface area contributed by atoms with Crippen LogP contribution in [0, 0.1) is 5.41 Å². The molecular weight excluding hydrogens is 477 g/mol. The van der Waals surface area contributed by atoms with E-state index in [-0.39, 0.29) is 27.8 Å². The molecular formula is C24H21Cl2N5O3. The molecule has 0 radical (unpaired) electrons. The van der Waals surface area contributed by atoms with Crippen LogP contribution in [0.15, 0.2) is 54.7 Å². The molecule has 0 unspecified atom stereocenters. The Hall–Kier alpha value is -3.62. The first-order valence-electron chi connectivity index (χ1n) is 10.4. The zero-order chi connectivity index (χ0) is 24.2. The minimum absolute atomic E-state index is 0.102. The number of amides is 2. The molecule has 1 fully saturated rings.